The van der Waals surface area contributed by atoms with E-state index in [-0.39, 0.29) is 51.7 Å². The molecule has 0 radical (unpaired) electrons. The van der Waals surface area contributed by atoms with Crippen LogP contribution >= 0.6 is 0 Å². The second kappa shape index (κ2) is 9.43. The number of unbranched alkanes of at least 4 members (excludes halogenated alkanes) is 2. The fourth-order valence-electron chi connectivity index (χ4n) is 4.44. The van der Waals surface area contributed by atoms with Crippen molar-refractivity contribution in [2.75, 3.05) is 6.54 Å². The monoisotopic (exact) mass is 524 g/mol. The Morgan fingerprint density at radius 3 is 2.37 bits per heavy atom. The first kappa shape index (κ1) is 24.3. The van der Waals surface area contributed by atoms with Crippen LogP contribution in [0.15, 0.2) is 48.5 Å². The molecule has 0 aromatic heterocycles. The second-order valence-corrected chi connectivity index (χ2v) is 8.33. The maximum atomic E-state index is 13.6. The minimum atomic E-state index is -0.467. The van der Waals surface area contributed by atoms with E-state index in [1.165, 1.54) is 29.8 Å². The van der Waals surface area contributed by atoms with Crippen LogP contribution in [0.4, 0.5) is 16.2 Å². The molecule has 0 aliphatic carbocycles. The average Bonchev–Trinajstić information content (AvgIpc) is 2.87. The highest BCUT2D eigenvalue weighted by atomic mass is 127. The molecule has 0 bridgehead atoms. The number of benzene rings is 2. The zero-order valence-corrected chi connectivity index (χ0v) is 20.1. The molecule has 0 N–H and O–H groups in total. The van der Waals surface area contributed by atoms with Crippen molar-refractivity contribution in [3.05, 3.63) is 64.2 Å². The molecule has 2 aromatic carbocycles. The summed E-state index contributed by atoms with van der Waals surface area (Å²) in [4.78, 5) is 24.0. The first-order chi connectivity index (χ1) is 13.7. The number of hydrogen-bond donors (Lipinski definition) is 0. The van der Waals surface area contributed by atoms with Gasteiger partial charge in [-0.2, -0.15) is 9.28 Å². The number of amides is 1. The van der Waals surface area contributed by atoms with Crippen LogP contribution in [0.5, 0.6) is 5.75 Å². The number of non-ortho nitro benzene ring substituents is 1. The van der Waals surface area contributed by atoms with Crippen molar-refractivity contribution in [2.45, 2.75) is 58.4 Å². The van der Waals surface area contributed by atoms with Gasteiger partial charge in [0.25, 0.3) is 5.69 Å². The summed E-state index contributed by atoms with van der Waals surface area (Å²) in [5, 5.41) is 10.9. The first-order valence-corrected chi connectivity index (χ1v) is 10.2. The highest BCUT2D eigenvalue weighted by Gasteiger charge is 2.60. The molecule has 0 saturated carbocycles. The number of ether oxygens (including phenoxy) is 1. The predicted molar refractivity (Wildman–Crippen MR) is 114 cm³/mol. The van der Waals surface area contributed by atoms with Crippen LogP contribution in [-0.4, -0.2) is 23.6 Å². The largest absolute Gasteiger partial charge is 1.00 e. The van der Waals surface area contributed by atoms with Crippen molar-refractivity contribution in [1.82, 2.24) is 4.48 Å². The molecular formula is C23H29IN2O4. The normalized spacial score (nSPS) is 21.4. The van der Waals surface area contributed by atoms with Crippen LogP contribution in [0.2, 0.25) is 0 Å². The van der Waals surface area contributed by atoms with Gasteiger partial charge in [-0.25, -0.2) is 0 Å². The fraction of sp³-hybridized carbons (Fsp3) is 0.435. The molecule has 6 nitrogen and oxygen atoms in total. The van der Waals surface area contributed by atoms with Crippen LogP contribution in [-0.2, 0) is 5.41 Å². The molecule has 1 heterocycles. The van der Waals surface area contributed by atoms with Gasteiger partial charge < -0.3 is 28.7 Å². The Labute approximate surface area is 195 Å². The summed E-state index contributed by atoms with van der Waals surface area (Å²) in [6.45, 7) is 9.28. The van der Waals surface area contributed by atoms with Gasteiger partial charge in [-0.3, -0.25) is 10.1 Å². The van der Waals surface area contributed by atoms with E-state index in [4.69, 9.17) is 4.74 Å². The van der Waals surface area contributed by atoms with Crippen LogP contribution < -0.4 is 33.2 Å². The third kappa shape index (κ3) is 4.09. The van der Waals surface area contributed by atoms with Crippen molar-refractivity contribution < 1.29 is 38.4 Å². The van der Waals surface area contributed by atoms with E-state index >= 15 is 0 Å². The summed E-state index contributed by atoms with van der Waals surface area (Å²) in [5.41, 5.74) is 1.95. The number of nitrogens with zero attached hydrogens (tertiary/aromatic N) is 2. The molecule has 3 rings (SSSR count). The zero-order chi connectivity index (χ0) is 21.2. The van der Waals surface area contributed by atoms with E-state index < -0.39 is 4.92 Å². The number of hydrogen-bond acceptors (Lipinski definition) is 4. The standard InChI is InChI=1S/C23H29N2O4.HI/c1-5-6-9-16-25(17(2)23(3,4)20-10-7-8-11-21(20)25)22(26)29-19-14-12-18(13-15-19)24(27)28;/h7-8,10-15,17H,5-6,9,16H2,1-4H3;1H/q+1;/p-1. The Balaban J connectivity index is 0.00000320. The summed E-state index contributed by atoms with van der Waals surface area (Å²) >= 11 is 0. The molecule has 0 spiro atoms. The fourth-order valence-corrected chi connectivity index (χ4v) is 4.44. The number of nitro groups is 1. The minimum absolute atomic E-state index is 0. The van der Waals surface area contributed by atoms with Gasteiger partial charge in [0.1, 0.15) is 17.5 Å². The Hall–Kier alpha value is -2.00. The lowest BCUT2D eigenvalue weighted by molar-refractivity contribution is -0.384. The molecule has 1 aliphatic heterocycles. The van der Waals surface area contributed by atoms with E-state index in [2.05, 4.69) is 33.8 Å². The van der Waals surface area contributed by atoms with E-state index in [1.54, 1.807) is 0 Å². The molecule has 7 heteroatoms. The van der Waals surface area contributed by atoms with Gasteiger partial charge in [0.15, 0.2) is 0 Å². The number of rotatable bonds is 6. The maximum Gasteiger partial charge on any atom is 0.526 e. The molecule has 1 amide bonds. The number of fused-ring (bicyclic) bond motifs is 1. The highest BCUT2D eigenvalue weighted by Crippen LogP contribution is 2.50. The molecular weight excluding hydrogens is 495 g/mol. The SMILES string of the molecule is CCCCC[N+]1(C(=O)Oc2ccc([N+](=O)[O-])cc2)c2ccccc2C(C)(C)C1C.[I-]. The van der Waals surface area contributed by atoms with Gasteiger partial charge >= 0.3 is 6.09 Å². The summed E-state index contributed by atoms with van der Waals surface area (Å²) in [7, 11) is 0. The van der Waals surface area contributed by atoms with Crippen molar-refractivity contribution in [2.24, 2.45) is 0 Å². The third-order valence-electron chi connectivity index (χ3n) is 6.43. The molecule has 0 saturated heterocycles. The number of carbonyl (C=O) groups excluding carboxylic acids is 1. The summed E-state index contributed by atoms with van der Waals surface area (Å²) in [6.07, 6.45) is 2.69. The zero-order valence-electron chi connectivity index (χ0n) is 17.9. The number of carbonyl (C=O) groups is 1. The highest BCUT2D eigenvalue weighted by molar-refractivity contribution is 5.88. The molecule has 2 aromatic rings. The van der Waals surface area contributed by atoms with E-state index in [0.29, 0.717) is 12.3 Å². The average molecular weight is 524 g/mol. The molecule has 1 aliphatic rings. The second-order valence-electron chi connectivity index (χ2n) is 8.33. The Kier molecular flexibility index (Phi) is 7.63. The van der Waals surface area contributed by atoms with Crippen LogP contribution in [0.3, 0.4) is 0 Å². The molecule has 30 heavy (non-hydrogen) atoms. The lowest BCUT2D eigenvalue weighted by atomic mass is 9.81. The van der Waals surface area contributed by atoms with E-state index in [1.807, 2.05) is 18.2 Å². The Morgan fingerprint density at radius 2 is 1.77 bits per heavy atom. The number of nitro benzene ring substituents is 1. The Bertz CT molecular complexity index is 914. The Morgan fingerprint density at radius 1 is 1.13 bits per heavy atom. The summed E-state index contributed by atoms with van der Waals surface area (Å²) in [6, 6.07) is 13.8. The number of para-hydroxylation sites is 1. The molecule has 2 atom stereocenters. The van der Waals surface area contributed by atoms with Crippen molar-refractivity contribution in [1.29, 1.82) is 0 Å². The maximum absolute atomic E-state index is 13.6. The van der Waals surface area contributed by atoms with Gasteiger partial charge in [-0.1, -0.05) is 31.5 Å². The summed E-state index contributed by atoms with van der Waals surface area (Å²) in [5.74, 6) is 0.322. The smallest absolute Gasteiger partial charge is 0.526 e. The number of halogens is 1. The van der Waals surface area contributed by atoms with Gasteiger partial charge in [-0.05, 0) is 45.7 Å². The predicted octanol–water partition coefficient (Wildman–Crippen LogP) is 2.98. The number of quaternary nitrogens is 1. The van der Waals surface area contributed by atoms with E-state index in [0.717, 1.165) is 24.9 Å². The van der Waals surface area contributed by atoms with Gasteiger partial charge in [-0.15, -0.1) is 0 Å². The molecule has 162 valence electrons. The van der Waals surface area contributed by atoms with Crippen molar-refractivity contribution >= 4 is 17.5 Å². The minimum Gasteiger partial charge on any atom is -1.00 e. The van der Waals surface area contributed by atoms with Gasteiger partial charge in [0.2, 0.25) is 0 Å². The quantitative estimate of drug-likeness (QED) is 0.192. The molecule has 2 unspecified atom stereocenters. The van der Waals surface area contributed by atoms with E-state index in [9.17, 15) is 14.9 Å². The van der Waals surface area contributed by atoms with Crippen molar-refractivity contribution in [3.8, 4) is 5.75 Å². The van der Waals surface area contributed by atoms with Gasteiger partial charge in [0, 0.05) is 29.2 Å². The first-order valence-electron chi connectivity index (χ1n) is 10.2. The van der Waals surface area contributed by atoms with Crippen LogP contribution in [0.1, 0.15) is 52.5 Å². The lowest BCUT2D eigenvalue weighted by Crippen LogP contribution is -3.00. The lowest BCUT2D eigenvalue weighted by Gasteiger charge is -2.37. The van der Waals surface area contributed by atoms with Crippen molar-refractivity contribution in [3.63, 3.8) is 0 Å². The summed E-state index contributed by atoms with van der Waals surface area (Å²) < 4.78 is 5.94. The van der Waals surface area contributed by atoms with Crippen LogP contribution in [0, 0.1) is 10.1 Å². The van der Waals surface area contributed by atoms with Crippen LogP contribution in [0.25, 0.3) is 0 Å². The van der Waals surface area contributed by atoms with Gasteiger partial charge in [0.05, 0.1) is 11.5 Å². The third-order valence-corrected chi connectivity index (χ3v) is 6.43. The topological polar surface area (TPSA) is 69.4 Å². The molecule has 0 fully saturated rings.